The average molecular weight is 235 g/mol. The molecule has 1 aliphatic heterocycles. The van der Waals surface area contributed by atoms with Crippen molar-refractivity contribution in [3.8, 4) is 0 Å². The molecule has 1 N–H and O–H groups in total. The summed E-state index contributed by atoms with van der Waals surface area (Å²) in [5.74, 6) is 0.903. The molecule has 0 radical (unpaired) electrons. The van der Waals surface area contributed by atoms with Crippen LogP contribution in [0.4, 0.5) is 5.82 Å². The second-order valence-corrected chi connectivity index (χ2v) is 4.25. The number of hydrogen-bond acceptors (Lipinski definition) is 4. The quantitative estimate of drug-likeness (QED) is 0.771. The maximum atomic E-state index is 10.6. The standard InChI is InChI=1S/C12H17N3O2/c1-10(17)11-2-3-12(13-8-11)15-6-4-14(9-16)5-7-15/h2-3,8-10,17H,4-7H2,1H3/t10-/m0/s1. The van der Waals surface area contributed by atoms with Crippen LogP contribution in [-0.4, -0.2) is 47.6 Å². The van der Waals surface area contributed by atoms with Crippen molar-refractivity contribution in [1.82, 2.24) is 9.88 Å². The largest absolute Gasteiger partial charge is 0.389 e. The summed E-state index contributed by atoms with van der Waals surface area (Å²) < 4.78 is 0. The highest BCUT2D eigenvalue weighted by Gasteiger charge is 2.16. The lowest BCUT2D eigenvalue weighted by Crippen LogP contribution is -2.46. The lowest BCUT2D eigenvalue weighted by atomic mass is 10.2. The first-order valence-electron chi connectivity index (χ1n) is 5.79. The number of aromatic nitrogens is 1. The van der Waals surface area contributed by atoms with Crippen molar-refractivity contribution >= 4 is 12.2 Å². The Kier molecular flexibility index (Phi) is 3.58. The number of anilines is 1. The Balaban J connectivity index is 2.01. The first kappa shape index (κ1) is 11.9. The van der Waals surface area contributed by atoms with E-state index in [0.717, 1.165) is 44.0 Å². The molecule has 1 atom stereocenters. The molecule has 0 spiro atoms. The SMILES string of the molecule is C[C@H](O)c1ccc(N2CCN(C=O)CC2)nc1. The average Bonchev–Trinajstić information content (AvgIpc) is 2.39. The Morgan fingerprint density at radius 3 is 2.53 bits per heavy atom. The van der Waals surface area contributed by atoms with Crippen LogP contribution in [0.2, 0.25) is 0 Å². The third-order valence-electron chi connectivity index (χ3n) is 3.04. The van der Waals surface area contributed by atoms with Gasteiger partial charge in [-0.25, -0.2) is 4.98 Å². The van der Waals surface area contributed by atoms with Crippen molar-refractivity contribution in [3.05, 3.63) is 23.9 Å². The van der Waals surface area contributed by atoms with Gasteiger partial charge in [0.25, 0.3) is 0 Å². The van der Waals surface area contributed by atoms with Crippen LogP contribution < -0.4 is 4.90 Å². The van der Waals surface area contributed by atoms with Gasteiger partial charge in [-0.3, -0.25) is 4.79 Å². The molecule has 1 amide bonds. The number of hydrogen-bond donors (Lipinski definition) is 1. The van der Waals surface area contributed by atoms with Gasteiger partial charge < -0.3 is 14.9 Å². The van der Waals surface area contributed by atoms with E-state index >= 15 is 0 Å². The number of piperazine rings is 1. The summed E-state index contributed by atoms with van der Waals surface area (Å²) in [6, 6.07) is 3.80. The summed E-state index contributed by atoms with van der Waals surface area (Å²) >= 11 is 0. The highest BCUT2D eigenvalue weighted by atomic mass is 16.3. The molecule has 0 saturated carbocycles. The normalized spacial score (nSPS) is 18.0. The Bertz CT molecular complexity index is 370. The minimum Gasteiger partial charge on any atom is -0.389 e. The van der Waals surface area contributed by atoms with Crippen LogP contribution in [0.5, 0.6) is 0 Å². The van der Waals surface area contributed by atoms with E-state index in [1.54, 1.807) is 18.0 Å². The topological polar surface area (TPSA) is 56.7 Å². The van der Waals surface area contributed by atoms with Crippen molar-refractivity contribution < 1.29 is 9.90 Å². The number of nitrogens with zero attached hydrogens (tertiary/aromatic N) is 3. The van der Waals surface area contributed by atoms with Crippen LogP contribution in [0.3, 0.4) is 0 Å². The maximum Gasteiger partial charge on any atom is 0.209 e. The van der Waals surface area contributed by atoms with Gasteiger partial charge in [-0.2, -0.15) is 0 Å². The predicted molar refractivity (Wildman–Crippen MR) is 64.7 cm³/mol. The molecule has 1 saturated heterocycles. The monoisotopic (exact) mass is 235 g/mol. The summed E-state index contributed by atoms with van der Waals surface area (Å²) in [7, 11) is 0. The van der Waals surface area contributed by atoms with E-state index in [9.17, 15) is 9.90 Å². The third-order valence-corrected chi connectivity index (χ3v) is 3.04. The number of pyridine rings is 1. The molecule has 0 unspecified atom stereocenters. The number of amides is 1. The van der Waals surface area contributed by atoms with Crippen LogP contribution in [0.1, 0.15) is 18.6 Å². The van der Waals surface area contributed by atoms with Crippen LogP contribution >= 0.6 is 0 Å². The number of aliphatic hydroxyl groups excluding tert-OH is 1. The van der Waals surface area contributed by atoms with Crippen LogP contribution in [-0.2, 0) is 4.79 Å². The predicted octanol–water partition coefficient (Wildman–Crippen LogP) is 0.413. The molecule has 0 aliphatic carbocycles. The molecular weight excluding hydrogens is 218 g/mol. The van der Waals surface area contributed by atoms with Crippen LogP contribution in [0.25, 0.3) is 0 Å². The maximum absolute atomic E-state index is 10.6. The highest BCUT2D eigenvalue weighted by Crippen LogP contribution is 2.16. The summed E-state index contributed by atoms with van der Waals surface area (Å²) in [6.45, 7) is 4.81. The van der Waals surface area contributed by atoms with E-state index < -0.39 is 6.10 Å². The molecule has 17 heavy (non-hydrogen) atoms. The summed E-state index contributed by atoms with van der Waals surface area (Å²) in [6.07, 6.45) is 2.11. The van der Waals surface area contributed by atoms with Crippen LogP contribution in [0, 0.1) is 0 Å². The third kappa shape index (κ3) is 2.74. The van der Waals surface area contributed by atoms with E-state index in [0.29, 0.717) is 0 Å². The Hall–Kier alpha value is -1.62. The van der Waals surface area contributed by atoms with Gasteiger partial charge in [-0.15, -0.1) is 0 Å². The molecule has 2 heterocycles. The fourth-order valence-corrected chi connectivity index (χ4v) is 1.89. The summed E-state index contributed by atoms with van der Waals surface area (Å²) in [5, 5.41) is 9.39. The smallest absolute Gasteiger partial charge is 0.209 e. The molecule has 1 fully saturated rings. The van der Waals surface area contributed by atoms with Gasteiger partial charge in [0.2, 0.25) is 6.41 Å². The molecular formula is C12H17N3O2. The van der Waals surface area contributed by atoms with Gasteiger partial charge in [-0.05, 0) is 18.6 Å². The van der Waals surface area contributed by atoms with E-state index in [1.807, 2.05) is 12.1 Å². The molecule has 92 valence electrons. The van der Waals surface area contributed by atoms with Crippen molar-refractivity contribution in [1.29, 1.82) is 0 Å². The van der Waals surface area contributed by atoms with Crippen molar-refractivity contribution in [2.75, 3.05) is 31.1 Å². The fraction of sp³-hybridized carbons (Fsp3) is 0.500. The zero-order valence-corrected chi connectivity index (χ0v) is 9.91. The summed E-state index contributed by atoms with van der Waals surface area (Å²) in [5.41, 5.74) is 0.820. The molecule has 0 bridgehead atoms. The highest BCUT2D eigenvalue weighted by molar-refractivity contribution is 5.49. The van der Waals surface area contributed by atoms with Gasteiger partial charge in [0, 0.05) is 32.4 Å². The molecule has 1 aliphatic rings. The fourth-order valence-electron chi connectivity index (χ4n) is 1.89. The first-order chi connectivity index (χ1) is 8.20. The molecule has 1 aromatic rings. The molecule has 0 aromatic carbocycles. The van der Waals surface area contributed by atoms with Gasteiger partial charge >= 0.3 is 0 Å². The number of aliphatic hydroxyl groups is 1. The Morgan fingerprint density at radius 1 is 1.35 bits per heavy atom. The van der Waals surface area contributed by atoms with E-state index in [4.69, 9.17) is 0 Å². The van der Waals surface area contributed by atoms with Crippen molar-refractivity contribution in [3.63, 3.8) is 0 Å². The van der Waals surface area contributed by atoms with Gasteiger partial charge in [0.05, 0.1) is 6.10 Å². The van der Waals surface area contributed by atoms with Crippen molar-refractivity contribution in [2.24, 2.45) is 0 Å². The van der Waals surface area contributed by atoms with Gasteiger partial charge in [0.15, 0.2) is 0 Å². The first-order valence-corrected chi connectivity index (χ1v) is 5.79. The molecule has 5 nitrogen and oxygen atoms in total. The van der Waals surface area contributed by atoms with Crippen molar-refractivity contribution in [2.45, 2.75) is 13.0 Å². The van der Waals surface area contributed by atoms with E-state index in [1.165, 1.54) is 0 Å². The second kappa shape index (κ2) is 5.14. The molecule has 1 aromatic heterocycles. The number of carbonyl (C=O) groups is 1. The van der Waals surface area contributed by atoms with E-state index in [2.05, 4.69) is 9.88 Å². The lowest BCUT2D eigenvalue weighted by molar-refractivity contribution is -0.118. The van der Waals surface area contributed by atoms with Gasteiger partial charge in [0.1, 0.15) is 5.82 Å². The zero-order chi connectivity index (χ0) is 12.3. The zero-order valence-electron chi connectivity index (χ0n) is 9.91. The summed E-state index contributed by atoms with van der Waals surface area (Å²) in [4.78, 5) is 18.8. The molecule has 2 rings (SSSR count). The lowest BCUT2D eigenvalue weighted by Gasteiger charge is -2.33. The second-order valence-electron chi connectivity index (χ2n) is 4.25. The van der Waals surface area contributed by atoms with Crippen LogP contribution in [0.15, 0.2) is 18.3 Å². The Morgan fingerprint density at radius 2 is 2.06 bits per heavy atom. The number of carbonyl (C=O) groups excluding carboxylic acids is 1. The minimum absolute atomic E-state index is 0.483. The Labute approximate surface area is 101 Å². The van der Waals surface area contributed by atoms with Gasteiger partial charge in [-0.1, -0.05) is 6.07 Å². The molecule has 5 heteroatoms. The minimum atomic E-state index is -0.483. The number of rotatable bonds is 3. The van der Waals surface area contributed by atoms with E-state index in [-0.39, 0.29) is 0 Å².